The molecule has 0 aromatic heterocycles. The molecular formula is C21H21N3O4S2. The normalized spacial score (nSPS) is 17.9. The van der Waals surface area contributed by atoms with Crippen molar-refractivity contribution in [2.24, 2.45) is 4.40 Å². The fourth-order valence-electron chi connectivity index (χ4n) is 2.84. The zero-order valence-corrected chi connectivity index (χ0v) is 17.9. The second kappa shape index (κ2) is 9.27. The molecule has 9 heteroatoms. The van der Waals surface area contributed by atoms with Crippen LogP contribution in [0.5, 0.6) is 0 Å². The molecule has 2 aromatic rings. The number of hydrogen-bond donors (Lipinski definition) is 1. The first-order valence-electron chi connectivity index (χ1n) is 9.16. The summed E-state index contributed by atoms with van der Waals surface area (Å²) in [5, 5.41) is 2.07. The number of hydrogen-bond acceptors (Lipinski definition) is 5. The highest BCUT2D eigenvalue weighted by Crippen LogP contribution is 2.31. The van der Waals surface area contributed by atoms with Gasteiger partial charge >= 0.3 is 0 Å². The van der Waals surface area contributed by atoms with Crippen LogP contribution in [0.25, 0.3) is 0 Å². The van der Waals surface area contributed by atoms with Crippen LogP contribution >= 0.6 is 11.8 Å². The van der Waals surface area contributed by atoms with Gasteiger partial charge in [0, 0.05) is 18.7 Å². The number of nitrogens with zero attached hydrogens (tertiary/aromatic N) is 2. The summed E-state index contributed by atoms with van der Waals surface area (Å²) in [6, 6.07) is 15.1. The Labute approximate surface area is 179 Å². The molecule has 1 heterocycles. The number of sulfonamides is 1. The SMILES string of the molecule is C=CCN1C(=O)[C@@H](CC(=O)Nc2ccccc2C)SC1=NS(=O)(=O)c1ccccc1. The van der Waals surface area contributed by atoms with Gasteiger partial charge in [-0.05, 0) is 30.7 Å². The number of aryl methyl sites for hydroxylation is 1. The molecule has 1 fully saturated rings. The van der Waals surface area contributed by atoms with E-state index in [-0.39, 0.29) is 34.8 Å². The van der Waals surface area contributed by atoms with Gasteiger partial charge in [0.1, 0.15) is 5.25 Å². The highest BCUT2D eigenvalue weighted by atomic mass is 32.2. The lowest BCUT2D eigenvalue weighted by Crippen LogP contribution is -2.34. The number of carbonyl (C=O) groups is 2. The molecule has 156 valence electrons. The number of anilines is 1. The van der Waals surface area contributed by atoms with Gasteiger partial charge in [-0.15, -0.1) is 11.0 Å². The highest BCUT2D eigenvalue weighted by Gasteiger charge is 2.39. The minimum absolute atomic E-state index is 0.0323. The van der Waals surface area contributed by atoms with E-state index in [1.807, 2.05) is 25.1 Å². The fourth-order valence-corrected chi connectivity index (χ4v) is 5.22. The molecular weight excluding hydrogens is 422 g/mol. The third kappa shape index (κ3) is 4.98. The Bertz CT molecular complexity index is 1100. The van der Waals surface area contributed by atoms with Gasteiger partial charge in [0.05, 0.1) is 4.90 Å². The van der Waals surface area contributed by atoms with Crippen molar-refractivity contribution in [1.29, 1.82) is 0 Å². The monoisotopic (exact) mass is 443 g/mol. The summed E-state index contributed by atoms with van der Waals surface area (Å²) >= 11 is 0.970. The number of carbonyl (C=O) groups excluding carboxylic acids is 2. The largest absolute Gasteiger partial charge is 0.326 e. The number of nitrogens with one attached hydrogen (secondary N) is 1. The molecule has 0 aliphatic carbocycles. The molecule has 1 aliphatic heterocycles. The maximum absolute atomic E-state index is 12.8. The molecule has 30 heavy (non-hydrogen) atoms. The van der Waals surface area contributed by atoms with Gasteiger partial charge in [0.2, 0.25) is 11.8 Å². The predicted octanol–water partition coefficient (Wildman–Crippen LogP) is 3.20. The smallest absolute Gasteiger partial charge is 0.284 e. The van der Waals surface area contributed by atoms with Crippen LogP contribution in [0.4, 0.5) is 5.69 Å². The quantitative estimate of drug-likeness (QED) is 0.663. The number of amides is 2. The average Bonchev–Trinajstić information content (AvgIpc) is 2.99. The number of thioether (sulfide) groups is 1. The van der Waals surface area contributed by atoms with E-state index in [4.69, 9.17) is 0 Å². The predicted molar refractivity (Wildman–Crippen MR) is 119 cm³/mol. The van der Waals surface area contributed by atoms with Crippen molar-refractivity contribution in [2.75, 3.05) is 11.9 Å². The van der Waals surface area contributed by atoms with Crippen molar-refractivity contribution < 1.29 is 18.0 Å². The first kappa shape index (κ1) is 21.8. The lowest BCUT2D eigenvalue weighted by molar-refractivity contribution is -0.127. The summed E-state index contributed by atoms with van der Waals surface area (Å²) in [5.41, 5.74) is 1.57. The second-order valence-corrected chi connectivity index (χ2v) is 9.35. The molecule has 1 N–H and O–H groups in total. The van der Waals surface area contributed by atoms with E-state index in [0.29, 0.717) is 5.69 Å². The zero-order valence-electron chi connectivity index (χ0n) is 16.3. The number of benzene rings is 2. The van der Waals surface area contributed by atoms with Crippen molar-refractivity contribution in [3.8, 4) is 0 Å². The van der Waals surface area contributed by atoms with Crippen molar-refractivity contribution >= 4 is 44.5 Å². The molecule has 0 unspecified atom stereocenters. The summed E-state index contributed by atoms with van der Waals surface area (Å²) in [6.07, 6.45) is 1.38. The Balaban J connectivity index is 1.80. The first-order valence-corrected chi connectivity index (χ1v) is 11.5. The van der Waals surface area contributed by atoms with Crippen LogP contribution in [0.1, 0.15) is 12.0 Å². The highest BCUT2D eigenvalue weighted by molar-refractivity contribution is 8.16. The molecule has 1 aliphatic rings. The Morgan fingerprint density at radius 1 is 1.20 bits per heavy atom. The molecule has 3 rings (SSSR count). The Morgan fingerprint density at radius 3 is 2.53 bits per heavy atom. The summed E-state index contributed by atoms with van der Waals surface area (Å²) in [5.74, 6) is -0.706. The maximum atomic E-state index is 12.8. The van der Waals surface area contributed by atoms with Crippen molar-refractivity contribution in [1.82, 2.24) is 4.90 Å². The van der Waals surface area contributed by atoms with Gasteiger partial charge in [0.25, 0.3) is 10.0 Å². The minimum Gasteiger partial charge on any atom is -0.326 e. The molecule has 1 saturated heterocycles. The van der Waals surface area contributed by atoms with Gasteiger partial charge < -0.3 is 5.32 Å². The summed E-state index contributed by atoms with van der Waals surface area (Å²) in [6.45, 7) is 5.59. The van der Waals surface area contributed by atoms with E-state index in [1.165, 1.54) is 23.1 Å². The van der Waals surface area contributed by atoms with Gasteiger partial charge in [-0.1, -0.05) is 54.2 Å². The topological polar surface area (TPSA) is 95.9 Å². The summed E-state index contributed by atoms with van der Waals surface area (Å²) < 4.78 is 29.1. The molecule has 0 bridgehead atoms. The van der Waals surface area contributed by atoms with Crippen molar-refractivity contribution in [3.05, 3.63) is 72.8 Å². The molecule has 0 saturated carbocycles. The van der Waals surface area contributed by atoms with E-state index in [2.05, 4.69) is 16.3 Å². The fraction of sp³-hybridized carbons (Fsp3) is 0.190. The van der Waals surface area contributed by atoms with E-state index >= 15 is 0 Å². The van der Waals surface area contributed by atoms with E-state index < -0.39 is 15.3 Å². The summed E-state index contributed by atoms with van der Waals surface area (Å²) in [7, 11) is -3.99. The van der Waals surface area contributed by atoms with Crippen molar-refractivity contribution in [2.45, 2.75) is 23.5 Å². The van der Waals surface area contributed by atoms with Gasteiger partial charge in [0.15, 0.2) is 5.17 Å². The van der Waals surface area contributed by atoms with Crippen LogP contribution in [-0.2, 0) is 19.6 Å². The molecule has 1 atom stereocenters. The molecule has 0 spiro atoms. The lowest BCUT2D eigenvalue weighted by Gasteiger charge is -2.14. The van der Waals surface area contributed by atoms with E-state index in [1.54, 1.807) is 24.3 Å². The number of rotatable bonds is 7. The van der Waals surface area contributed by atoms with Crippen LogP contribution in [0.3, 0.4) is 0 Å². The summed E-state index contributed by atoms with van der Waals surface area (Å²) in [4.78, 5) is 26.5. The second-order valence-electron chi connectivity index (χ2n) is 6.57. The molecule has 2 aromatic carbocycles. The standard InChI is InChI=1S/C21H21N3O4S2/c1-3-13-24-20(26)18(14-19(25)22-17-12-8-7-9-15(17)2)29-21(24)23-30(27,28)16-10-5-4-6-11-16/h3-12,18H,1,13-14H2,2H3,(H,22,25)/t18-/m1/s1. The van der Waals surface area contributed by atoms with Crippen LogP contribution in [0.15, 0.2) is 76.5 Å². The van der Waals surface area contributed by atoms with Crippen molar-refractivity contribution in [3.63, 3.8) is 0 Å². The maximum Gasteiger partial charge on any atom is 0.284 e. The zero-order chi connectivity index (χ0) is 21.7. The van der Waals surface area contributed by atoms with E-state index in [9.17, 15) is 18.0 Å². The van der Waals surface area contributed by atoms with Crippen LogP contribution in [-0.4, -0.2) is 42.1 Å². The van der Waals surface area contributed by atoms with Crippen LogP contribution in [0, 0.1) is 6.92 Å². The number of amidine groups is 1. The van der Waals surface area contributed by atoms with Gasteiger partial charge in [-0.3, -0.25) is 14.5 Å². The Hall–Kier alpha value is -2.91. The lowest BCUT2D eigenvalue weighted by atomic mass is 10.2. The molecule has 2 amide bonds. The Kier molecular flexibility index (Phi) is 6.73. The number of para-hydroxylation sites is 1. The van der Waals surface area contributed by atoms with Gasteiger partial charge in [-0.2, -0.15) is 8.42 Å². The van der Waals surface area contributed by atoms with E-state index in [0.717, 1.165) is 17.3 Å². The van der Waals surface area contributed by atoms with Crippen LogP contribution in [0.2, 0.25) is 0 Å². The Morgan fingerprint density at radius 2 is 1.87 bits per heavy atom. The molecule has 7 nitrogen and oxygen atoms in total. The first-order chi connectivity index (χ1) is 14.3. The average molecular weight is 444 g/mol. The molecule has 0 radical (unpaired) electrons. The third-order valence-corrected chi connectivity index (χ3v) is 6.93. The third-order valence-electron chi connectivity index (χ3n) is 4.36. The van der Waals surface area contributed by atoms with Gasteiger partial charge in [-0.25, -0.2) is 0 Å². The van der Waals surface area contributed by atoms with Crippen LogP contribution < -0.4 is 5.32 Å². The minimum atomic E-state index is -3.99.